The number of ether oxygens (including phenoxy) is 1. The highest BCUT2D eigenvalue weighted by atomic mass is 32.2. The van der Waals surface area contributed by atoms with Crippen molar-refractivity contribution >= 4 is 11.8 Å². The van der Waals surface area contributed by atoms with Crippen molar-refractivity contribution in [2.45, 2.75) is 18.5 Å². The van der Waals surface area contributed by atoms with Crippen molar-refractivity contribution in [3.63, 3.8) is 0 Å². The summed E-state index contributed by atoms with van der Waals surface area (Å²) in [5.41, 5.74) is 0.917. The van der Waals surface area contributed by atoms with Gasteiger partial charge in [0.15, 0.2) is 5.16 Å². The molecule has 1 rings (SSSR count). The molecule has 0 aromatic carbocycles. The Morgan fingerprint density at radius 3 is 3.00 bits per heavy atom. The normalized spacial score (nSPS) is 10.2. The van der Waals surface area contributed by atoms with Gasteiger partial charge in [-0.1, -0.05) is 11.8 Å². The van der Waals surface area contributed by atoms with Crippen molar-refractivity contribution in [3.05, 3.63) is 11.8 Å². The van der Waals surface area contributed by atoms with Gasteiger partial charge in [0, 0.05) is 24.8 Å². The first-order valence-corrected chi connectivity index (χ1v) is 5.61. The molecule has 1 aromatic rings. The predicted octanol–water partition coefficient (Wildman–Crippen LogP) is 1.27. The fourth-order valence-electron chi connectivity index (χ4n) is 0.889. The number of thioether (sulfide) groups is 1. The van der Waals surface area contributed by atoms with Crippen molar-refractivity contribution in [2.24, 2.45) is 0 Å². The van der Waals surface area contributed by atoms with Gasteiger partial charge < -0.3 is 9.84 Å². The van der Waals surface area contributed by atoms with Crippen molar-refractivity contribution in [1.82, 2.24) is 9.97 Å². The Kier molecular flexibility index (Phi) is 4.69. The molecule has 0 spiro atoms. The lowest BCUT2D eigenvalue weighted by molar-refractivity contribution is 0.227. The Hall–Kier alpha value is -0.810. The van der Waals surface area contributed by atoms with E-state index in [1.165, 1.54) is 11.8 Å². The third-order valence-electron chi connectivity index (χ3n) is 1.63. The zero-order valence-corrected chi connectivity index (χ0v) is 9.17. The minimum Gasteiger partial charge on any atom is -0.477 e. The third-order valence-corrected chi connectivity index (χ3v) is 2.19. The molecule has 14 heavy (non-hydrogen) atoms. The van der Waals surface area contributed by atoms with Gasteiger partial charge in [0.25, 0.3) is 0 Å². The average molecular weight is 214 g/mol. The van der Waals surface area contributed by atoms with Crippen LogP contribution in [0.5, 0.6) is 5.88 Å². The highest BCUT2D eigenvalue weighted by Crippen LogP contribution is 2.17. The quantitative estimate of drug-likeness (QED) is 0.454. The van der Waals surface area contributed by atoms with E-state index in [0.29, 0.717) is 24.1 Å². The van der Waals surface area contributed by atoms with E-state index in [1.807, 2.05) is 13.2 Å². The van der Waals surface area contributed by atoms with Crippen LogP contribution in [0.4, 0.5) is 0 Å². The second-order valence-electron chi connectivity index (χ2n) is 2.77. The molecule has 0 amide bonds. The first-order valence-electron chi connectivity index (χ1n) is 4.39. The van der Waals surface area contributed by atoms with Crippen molar-refractivity contribution < 1.29 is 9.84 Å². The molecule has 0 aliphatic heterocycles. The second kappa shape index (κ2) is 5.82. The SMILES string of the molecule is CSc1ncc(C)c(OCCCO)n1. The summed E-state index contributed by atoms with van der Waals surface area (Å²) in [5, 5.41) is 9.30. The Morgan fingerprint density at radius 2 is 2.36 bits per heavy atom. The number of aliphatic hydroxyl groups excluding tert-OH is 1. The van der Waals surface area contributed by atoms with Crippen LogP contribution in [-0.4, -0.2) is 34.5 Å². The van der Waals surface area contributed by atoms with E-state index in [4.69, 9.17) is 9.84 Å². The lowest BCUT2D eigenvalue weighted by Crippen LogP contribution is -2.03. The fraction of sp³-hybridized carbons (Fsp3) is 0.556. The maximum Gasteiger partial charge on any atom is 0.220 e. The van der Waals surface area contributed by atoms with Crippen molar-refractivity contribution in [1.29, 1.82) is 0 Å². The largest absolute Gasteiger partial charge is 0.477 e. The maximum atomic E-state index is 8.60. The molecule has 0 aliphatic rings. The lowest BCUT2D eigenvalue weighted by atomic mass is 10.4. The maximum absolute atomic E-state index is 8.60. The van der Waals surface area contributed by atoms with Crippen LogP contribution in [0.15, 0.2) is 11.4 Å². The first-order chi connectivity index (χ1) is 6.77. The van der Waals surface area contributed by atoms with Gasteiger partial charge in [0.1, 0.15) is 0 Å². The topological polar surface area (TPSA) is 55.2 Å². The van der Waals surface area contributed by atoms with Gasteiger partial charge in [-0.2, -0.15) is 4.98 Å². The summed E-state index contributed by atoms with van der Waals surface area (Å²) >= 11 is 1.48. The van der Waals surface area contributed by atoms with Crippen LogP contribution in [0.3, 0.4) is 0 Å². The van der Waals surface area contributed by atoms with Gasteiger partial charge in [-0.15, -0.1) is 0 Å². The zero-order valence-electron chi connectivity index (χ0n) is 8.36. The molecule has 0 atom stereocenters. The van der Waals surface area contributed by atoms with Gasteiger partial charge in [0.2, 0.25) is 5.88 Å². The molecule has 5 heteroatoms. The van der Waals surface area contributed by atoms with Gasteiger partial charge in [-0.25, -0.2) is 4.98 Å². The molecule has 1 aromatic heterocycles. The van der Waals surface area contributed by atoms with Crippen LogP contribution in [0.1, 0.15) is 12.0 Å². The molecule has 78 valence electrons. The summed E-state index contributed by atoms with van der Waals surface area (Å²) in [6.07, 6.45) is 4.29. The Labute approximate surface area is 87.7 Å². The molecule has 0 bridgehead atoms. The number of aryl methyl sites for hydroxylation is 1. The highest BCUT2D eigenvalue weighted by Gasteiger charge is 2.03. The highest BCUT2D eigenvalue weighted by molar-refractivity contribution is 7.98. The van der Waals surface area contributed by atoms with Crippen molar-refractivity contribution in [3.8, 4) is 5.88 Å². The van der Waals surface area contributed by atoms with Gasteiger partial charge in [-0.05, 0) is 13.2 Å². The molecule has 1 N–H and O–H groups in total. The molecule has 0 saturated heterocycles. The summed E-state index contributed by atoms with van der Waals surface area (Å²) in [6, 6.07) is 0. The van der Waals surface area contributed by atoms with E-state index in [-0.39, 0.29) is 6.61 Å². The average Bonchev–Trinajstić information content (AvgIpc) is 2.21. The summed E-state index contributed by atoms with van der Waals surface area (Å²) in [6.45, 7) is 2.53. The lowest BCUT2D eigenvalue weighted by Gasteiger charge is -2.07. The smallest absolute Gasteiger partial charge is 0.220 e. The van der Waals surface area contributed by atoms with E-state index in [1.54, 1.807) is 6.20 Å². The Morgan fingerprint density at radius 1 is 1.57 bits per heavy atom. The first kappa shape index (κ1) is 11.3. The van der Waals surface area contributed by atoms with E-state index in [9.17, 15) is 0 Å². The molecule has 4 nitrogen and oxygen atoms in total. The molecular weight excluding hydrogens is 200 g/mol. The van der Waals surface area contributed by atoms with Crippen LogP contribution in [-0.2, 0) is 0 Å². The standard InChI is InChI=1S/C9H14N2O2S/c1-7-6-10-9(14-2)11-8(7)13-5-3-4-12/h6,12H,3-5H2,1-2H3. The Balaban J connectivity index is 2.64. The van der Waals surface area contributed by atoms with E-state index >= 15 is 0 Å². The molecule has 0 fully saturated rings. The fourth-order valence-corrected chi connectivity index (χ4v) is 1.22. The molecule has 0 saturated carbocycles. The molecular formula is C9H14N2O2S. The predicted molar refractivity (Wildman–Crippen MR) is 55.7 cm³/mol. The van der Waals surface area contributed by atoms with E-state index < -0.39 is 0 Å². The minimum atomic E-state index is 0.138. The number of nitrogens with zero attached hydrogens (tertiary/aromatic N) is 2. The van der Waals surface area contributed by atoms with Crippen LogP contribution in [0.2, 0.25) is 0 Å². The van der Waals surface area contributed by atoms with Crippen LogP contribution in [0, 0.1) is 6.92 Å². The second-order valence-corrected chi connectivity index (χ2v) is 3.54. The van der Waals surface area contributed by atoms with Crippen LogP contribution >= 0.6 is 11.8 Å². The number of rotatable bonds is 5. The van der Waals surface area contributed by atoms with E-state index in [0.717, 1.165) is 5.56 Å². The summed E-state index contributed by atoms with van der Waals surface area (Å²) in [4.78, 5) is 8.32. The Bertz CT molecular complexity index is 294. The molecule has 0 radical (unpaired) electrons. The van der Waals surface area contributed by atoms with Crippen molar-refractivity contribution in [2.75, 3.05) is 19.5 Å². The van der Waals surface area contributed by atoms with Crippen LogP contribution < -0.4 is 4.74 Å². The van der Waals surface area contributed by atoms with Gasteiger partial charge in [0.05, 0.1) is 6.61 Å². The molecule has 0 aliphatic carbocycles. The monoisotopic (exact) mass is 214 g/mol. The molecule has 0 unspecified atom stereocenters. The van der Waals surface area contributed by atoms with Gasteiger partial charge >= 0.3 is 0 Å². The minimum absolute atomic E-state index is 0.138. The van der Waals surface area contributed by atoms with Crippen LogP contribution in [0.25, 0.3) is 0 Å². The third kappa shape index (κ3) is 3.16. The summed E-state index contributed by atoms with van der Waals surface area (Å²) < 4.78 is 5.40. The number of hydrogen-bond acceptors (Lipinski definition) is 5. The number of aliphatic hydroxyl groups is 1. The summed E-state index contributed by atoms with van der Waals surface area (Å²) in [5.74, 6) is 0.609. The number of hydrogen-bond donors (Lipinski definition) is 1. The van der Waals surface area contributed by atoms with E-state index in [2.05, 4.69) is 9.97 Å². The molecule has 1 heterocycles. The summed E-state index contributed by atoms with van der Waals surface area (Å²) in [7, 11) is 0. The van der Waals surface area contributed by atoms with Gasteiger partial charge in [-0.3, -0.25) is 0 Å². The number of aromatic nitrogens is 2. The zero-order chi connectivity index (χ0) is 10.4.